The van der Waals surface area contributed by atoms with Crippen LogP contribution in [-0.4, -0.2) is 18.1 Å². The summed E-state index contributed by atoms with van der Waals surface area (Å²) in [6.45, 7) is 2.82. The molecule has 0 fully saturated rings. The van der Waals surface area contributed by atoms with E-state index in [0.717, 1.165) is 17.4 Å². The molecule has 0 saturated heterocycles. The topological polar surface area (TPSA) is 17.1 Å². The van der Waals surface area contributed by atoms with E-state index in [-0.39, 0.29) is 4.88 Å². The fourth-order valence-electron chi connectivity index (χ4n) is 1.51. The van der Waals surface area contributed by atoms with Gasteiger partial charge in [0.15, 0.2) is 5.78 Å². The quantitative estimate of drug-likeness (QED) is 0.586. The second-order valence-corrected chi connectivity index (χ2v) is 5.17. The van der Waals surface area contributed by atoms with Crippen LogP contribution in [-0.2, 0) is 0 Å². The second kappa shape index (κ2) is 4.56. The van der Waals surface area contributed by atoms with Gasteiger partial charge in [-0.05, 0) is 19.9 Å². The first kappa shape index (κ1) is 15.0. The molecule has 0 N–H and O–H groups in total. The number of rotatable bonds is 2. The number of hydrogen-bond donors (Lipinski definition) is 0. The third-order valence-electron chi connectivity index (χ3n) is 2.22. The summed E-state index contributed by atoms with van der Waals surface area (Å²) in [5.74, 6) is -5.91. The highest BCUT2D eigenvalue weighted by Crippen LogP contribution is 2.42. The first-order valence-electron chi connectivity index (χ1n) is 4.69. The minimum absolute atomic E-state index is 0.149. The number of thiophene rings is 1. The Hall–Kier alpha value is -1.05. The minimum Gasteiger partial charge on any atom is -0.293 e. The number of aryl methyl sites for hydroxylation is 2. The Labute approximate surface area is 102 Å². The van der Waals surface area contributed by atoms with Crippen LogP contribution in [0.4, 0.5) is 26.3 Å². The Bertz CT molecular complexity index is 442. The van der Waals surface area contributed by atoms with E-state index in [9.17, 15) is 31.1 Å². The minimum atomic E-state index is -5.64. The van der Waals surface area contributed by atoms with Crippen LogP contribution in [0.5, 0.6) is 0 Å². The normalized spacial score (nSPS) is 13.2. The van der Waals surface area contributed by atoms with Gasteiger partial charge in [0.25, 0.3) is 0 Å². The van der Waals surface area contributed by atoms with E-state index < -0.39 is 29.6 Å². The number of alkyl halides is 6. The van der Waals surface area contributed by atoms with Gasteiger partial charge in [-0.3, -0.25) is 4.79 Å². The lowest BCUT2D eigenvalue weighted by atomic mass is 9.97. The summed E-state index contributed by atoms with van der Waals surface area (Å²) in [6.07, 6.45) is -11.3. The van der Waals surface area contributed by atoms with Gasteiger partial charge < -0.3 is 0 Å². The molecule has 0 aromatic carbocycles. The van der Waals surface area contributed by atoms with Gasteiger partial charge in [-0.15, -0.1) is 11.3 Å². The fraction of sp³-hybridized carbons (Fsp3) is 0.500. The first-order valence-corrected chi connectivity index (χ1v) is 5.51. The maximum Gasteiger partial charge on any atom is 0.407 e. The standard InChI is InChI=1S/C10H8F6OS/c1-4-3-6(5(2)18-4)7(17)8(9(11,12)13)10(14,15)16/h3,8H,1-2H3. The zero-order valence-corrected chi connectivity index (χ0v) is 10.1. The Balaban J connectivity index is 3.24. The van der Waals surface area contributed by atoms with E-state index in [4.69, 9.17) is 0 Å². The maximum atomic E-state index is 12.4. The molecule has 0 spiro atoms. The zero-order valence-electron chi connectivity index (χ0n) is 9.24. The van der Waals surface area contributed by atoms with Gasteiger partial charge in [0.1, 0.15) is 0 Å². The number of ketones is 1. The lowest BCUT2D eigenvalue weighted by Crippen LogP contribution is -2.42. The average molecular weight is 290 g/mol. The van der Waals surface area contributed by atoms with Gasteiger partial charge >= 0.3 is 12.4 Å². The number of hydrogen-bond acceptors (Lipinski definition) is 2. The highest BCUT2D eigenvalue weighted by molar-refractivity contribution is 7.12. The van der Waals surface area contributed by atoms with E-state index in [1.54, 1.807) is 0 Å². The molecule has 1 aromatic heterocycles. The Morgan fingerprint density at radius 1 is 1.11 bits per heavy atom. The van der Waals surface area contributed by atoms with Crippen LogP contribution < -0.4 is 0 Å². The van der Waals surface area contributed by atoms with E-state index in [1.165, 1.54) is 13.8 Å². The van der Waals surface area contributed by atoms with E-state index in [1.807, 2.05) is 0 Å². The van der Waals surface area contributed by atoms with Crippen LogP contribution in [0.2, 0.25) is 0 Å². The van der Waals surface area contributed by atoms with Crippen LogP contribution in [0, 0.1) is 19.8 Å². The molecule has 0 bridgehead atoms. The molecule has 1 rings (SSSR count). The molecular formula is C10H8F6OS. The predicted molar refractivity (Wildman–Crippen MR) is 53.7 cm³/mol. The van der Waals surface area contributed by atoms with Crippen molar-refractivity contribution in [3.63, 3.8) is 0 Å². The molecular weight excluding hydrogens is 282 g/mol. The highest BCUT2D eigenvalue weighted by atomic mass is 32.1. The Morgan fingerprint density at radius 3 is 1.83 bits per heavy atom. The van der Waals surface area contributed by atoms with Crippen molar-refractivity contribution in [1.82, 2.24) is 0 Å². The lowest BCUT2D eigenvalue weighted by molar-refractivity contribution is -0.264. The van der Waals surface area contributed by atoms with Gasteiger partial charge in [0.05, 0.1) is 0 Å². The van der Waals surface area contributed by atoms with Crippen molar-refractivity contribution >= 4 is 17.1 Å². The molecule has 1 aromatic rings. The fourth-order valence-corrected chi connectivity index (χ4v) is 2.44. The third-order valence-corrected chi connectivity index (χ3v) is 3.19. The summed E-state index contributed by atoms with van der Waals surface area (Å²) in [5.41, 5.74) is -0.517. The van der Waals surface area contributed by atoms with Gasteiger partial charge in [-0.2, -0.15) is 26.3 Å². The van der Waals surface area contributed by atoms with Crippen molar-refractivity contribution in [2.24, 2.45) is 5.92 Å². The zero-order chi connectivity index (χ0) is 14.3. The van der Waals surface area contributed by atoms with Crippen molar-refractivity contribution < 1.29 is 31.1 Å². The van der Waals surface area contributed by atoms with Crippen LogP contribution in [0.15, 0.2) is 6.07 Å². The third kappa shape index (κ3) is 3.04. The molecule has 8 heteroatoms. The lowest BCUT2D eigenvalue weighted by Gasteiger charge is -2.21. The van der Waals surface area contributed by atoms with Crippen molar-refractivity contribution in [1.29, 1.82) is 0 Å². The van der Waals surface area contributed by atoms with Crippen LogP contribution in [0.1, 0.15) is 20.1 Å². The van der Waals surface area contributed by atoms with E-state index >= 15 is 0 Å². The summed E-state index contributed by atoms with van der Waals surface area (Å²) >= 11 is 0.981. The molecule has 0 atom stereocenters. The highest BCUT2D eigenvalue weighted by Gasteiger charge is 2.61. The summed E-state index contributed by atoms with van der Waals surface area (Å²) in [7, 11) is 0. The van der Waals surface area contributed by atoms with Gasteiger partial charge in [-0.25, -0.2) is 0 Å². The SMILES string of the molecule is Cc1cc(C(=O)C(C(F)(F)F)C(F)(F)F)c(C)s1. The predicted octanol–water partition coefficient (Wildman–Crippen LogP) is 4.29. The van der Waals surface area contributed by atoms with Crippen molar-refractivity contribution in [2.45, 2.75) is 26.2 Å². The summed E-state index contributed by atoms with van der Waals surface area (Å²) in [4.78, 5) is 12.1. The van der Waals surface area contributed by atoms with Crippen LogP contribution >= 0.6 is 11.3 Å². The molecule has 102 valence electrons. The average Bonchev–Trinajstić information content (AvgIpc) is 2.39. The van der Waals surface area contributed by atoms with Crippen molar-refractivity contribution in [3.8, 4) is 0 Å². The Morgan fingerprint density at radius 2 is 1.56 bits per heavy atom. The molecule has 0 aliphatic carbocycles. The Kier molecular flexibility index (Phi) is 3.81. The van der Waals surface area contributed by atoms with Crippen LogP contribution in [0.25, 0.3) is 0 Å². The molecule has 1 nitrogen and oxygen atoms in total. The number of Topliss-reactive ketones (excluding diaryl/α,β-unsaturated/α-hetero) is 1. The molecule has 1 heterocycles. The number of carbonyl (C=O) groups is 1. The molecule has 0 amide bonds. The monoisotopic (exact) mass is 290 g/mol. The number of halogens is 6. The molecule has 18 heavy (non-hydrogen) atoms. The number of carbonyl (C=O) groups excluding carboxylic acids is 1. The van der Waals surface area contributed by atoms with Crippen LogP contribution in [0.3, 0.4) is 0 Å². The van der Waals surface area contributed by atoms with E-state index in [0.29, 0.717) is 4.88 Å². The maximum absolute atomic E-state index is 12.4. The molecule has 0 unspecified atom stereocenters. The second-order valence-electron chi connectivity index (χ2n) is 3.71. The van der Waals surface area contributed by atoms with Crippen molar-refractivity contribution in [3.05, 3.63) is 21.4 Å². The smallest absolute Gasteiger partial charge is 0.293 e. The molecule has 0 saturated carbocycles. The van der Waals surface area contributed by atoms with Crippen molar-refractivity contribution in [2.75, 3.05) is 0 Å². The largest absolute Gasteiger partial charge is 0.407 e. The molecule has 0 aliphatic heterocycles. The molecule has 0 radical (unpaired) electrons. The first-order chi connectivity index (χ1) is 7.94. The van der Waals surface area contributed by atoms with Gasteiger partial charge in [0.2, 0.25) is 5.92 Å². The molecule has 0 aliphatic rings. The van der Waals surface area contributed by atoms with Gasteiger partial charge in [0, 0.05) is 15.3 Å². The summed E-state index contributed by atoms with van der Waals surface area (Å²) < 4.78 is 74.1. The summed E-state index contributed by atoms with van der Waals surface area (Å²) in [5, 5.41) is 0. The van der Waals surface area contributed by atoms with Gasteiger partial charge in [-0.1, -0.05) is 0 Å². The summed E-state index contributed by atoms with van der Waals surface area (Å²) in [6, 6.07) is 1.05. The van der Waals surface area contributed by atoms with E-state index in [2.05, 4.69) is 0 Å².